The minimum absolute atomic E-state index is 0.0608. The zero-order valence-corrected chi connectivity index (χ0v) is 20.6. The molecule has 0 bridgehead atoms. The van der Waals surface area contributed by atoms with E-state index >= 15 is 8.78 Å². The van der Waals surface area contributed by atoms with Crippen molar-refractivity contribution in [3.05, 3.63) is 83.4 Å². The third-order valence-corrected chi connectivity index (χ3v) is 6.50. The summed E-state index contributed by atoms with van der Waals surface area (Å²) in [5.41, 5.74) is 2.08. The number of hydrogen-bond donors (Lipinski definition) is 0. The molecule has 0 N–H and O–H groups in total. The molecule has 0 saturated heterocycles. The Bertz CT molecular complexity index is 1230. The summed E-state index contributed by atoms with van der Waals surface area (Å²) in [7, 11) is 0. The van der Waals surface area contributed by atoms with Gasteiger partial charge in [-0.1, -0.05) is 55.8 Å². The van der Waals surface area contributed by atoms with E-state index in [0.29, 0.717) is 24.0 Å². The molecule has 1 aliphatic rings. The van der Waals surface area contributed by atoms with Crippen LogP contribution in [0.5, 0.6) is 5.75 Å². The third kappa shape index (κ3) is 5.49. The fraction of sp³-hybridized carbons (Fsp3) is 0.333. The van der Waals surface area contributed by atoms with Crippen LogP contribution in [-0.2, 0) is 4.74 Å². The lowest BCUT2D eigenvalue weighted by Gasteiger charge is -2.23. The lowest BCUT2D eigenvalue weighted by molar-refractivity contribution is 0.0466. The lowest BCUT2D eigenvalue weighted by atomic mass is 9.90. The summed E-state index contributed by atoms with van der Waals surface area (Å²) in [5.74, 6) is -4.04. The third-order valence-electron chi connectivity index (χ3n) is 6.50. The number of benzene rings is 3. The van der Waals surface area contributed by atoms with Crippen molar-refractivity contribution in [2.75, 3.05) is 13.2 Å². The molecule has 3 aromatic carbocycles. The van der Waals surface area contributed by atoms with Crippen molar-refractivity contribution in [3.63, 3.8) is 0 Å². The maximum Gasteiger partial charge on any atom is 0.201 e. The van der Waals surface area contributed by atoms with Gasteiger partial charge in [-0.25, -0.2) is 13.2 Å². The summed E-state index contributed by atoms with van der Waals surface area (Å²) in [6.45, 7) is 4.74. The summed E-state index contributed by atoms with van der Waals surface area (Å²) in [4.78, 5) is 0. The fourth-order valence-electron chi connectivity index (χ4n) is 4.47. The number of unbranched alkanes of at least 4 members (excludes halogenated alkanes) is 1. The molecule has 0 aromatic heterocycles. The van der Waals surface area contributed by atoms with E-state index < -0.39 is 23.3 Å². The smallest absolute Gasteiger partial charge is 0.201 e. The van der Waals surface area contributed by atoms with Gasteiger partial charge in [0, 0.05) is 23.3 Å². The zero-order chi connectivity index (χ0) is 25.7. The van der Waals surface area contributed by atoms with Gasteiger partial charge < -0.3 is 9.47 Å². The van der Waals surface area contributed by atoms with Gasteiger partial charge in [-0.2, -0.15) is 4.39 Å². The Morgan fingerprint density at radius 1 is 0.750 bits per heavy atom. The van der Waals surface area contributed by atoms with E-state index in [-0.39, 0.29) is 35.2 Å². The molecule has 3 aromatic rings. The Labute approximate surface area is 209 Å². The highest BCUT2D eigenvalue weighted by molar-refractivity contribution is 5.74. The van der Waals surface area contributed by atoms with Crippen LogP contribution >= 0.6 is 0 Å². The zero-order valence-electron chi connectivity index (χ0n) is 20.6. The van der Waals surface area contributed by atoms with E-state index in [2.05, 4.69) is 6.92 Å². The second-order valence-corrected chi connectivity index (χ2v) is 8.89. The Kier molecular flexibility index (Phi) is 8.47. The molecular formula is C30H30F4O2. The molecular weight excluding hydrogens is 468 g/mol. The van der Waals surface area contributed by atoms with Crippen molar-refractivity contribution >= 4 is 5.57 Å². The van der Waals surface area contributed by atoms with Crippen molar-refractivity contribution in [1.29, 1.82) is 0 Å². The highest BCUT2D eigenvalue weighted by Gasteiger charge is 2.22. The second kappa shape index (κ2) is 11.7. The topological polar surface area (TPSA) is 18.5 Å². The van der Waals surface area contributed by atoms with Crippen LogP contribution in [0.15, 0.2) is 54.6 Å². The standard InChI is InChI=1S/C30H30F4O2/c1-3-5-18-36-22-12-10-21(11-13-22)24-15-14-23(27(31)28(24)32)19-6-8-20(9-7-19)25-16-17-26(35-4-2)30(34)29(25)33/h6-10,14-17,22H,3-5,11-13,18H2,1-2H3. The number of ether oxygens (including phenoxy) is 2. The summed E-state index contributed by atoms with van der Waals surface area (Å²) in [6, 6.07) is 12.2. The lowest BCUT2D eigenvalue weighted by Crippen LogP contribution is -2.16. The van der Waals surface area contributed by atoms with Crippen molar-refractivity contribution in [2.45, 2.75) is 52.1 Å². The largest absolute Gasteiger partial charge is 0.491 e. The van der Waals surface area contributed by atoms with Gasteiger partial charge in [0.25, 0.3) is 0 Å². The van der Waals surface area contributed by atoms with E-state index in [1.807, 2.05) is 6.08 Å². The minimum atomic E-state index is -1.06. The molecule has 0 fully saturated rings. The van der Waals surface area contributed by atoms with E-state index in [1.165, 1.54) is 12.1 Å². The van der Waals surface area contributed by atoms with Crippen LogP contribution in [0.4, 0.5) is 17.6 Å². The highest BCUT2D eigenvalue weighted by Crippen LogP contribution is 2.35. The number of hydrogen-bond acceptors (Lipinski definition) is 2. The van der Waals surface area contributed by atoms with Crippen LogP contribution in [-0.4, -0.2) is 19.3 Å². The van der Waals surface area contributed by atoms with Crippen molar-refractivity contribution in [1.82, 2.24) is 0 Å². The first-order chi connectivity index (χ1) is 17.4. The number of allylic oxidation sites excluding steroid dienone is 1. The Morgan fingerprint density at radius 2 is 1.33 bits per heavy atom. The molecule has 0 saturated carbocycles. The molecule has 4 rings (SSSR count). The molecule has 0 spiro atoms. The predicted molar refractivity (Wildman–Crippen MR) is 135 cm³/mol. The molecule has 0 amide bonds. The van der Waals surface area contributed by atoms with E-state index in [0.717, 1.165) is 31.4 Å². The second-order valence-electron chi connectivity index (χ2n) is 8.89. The summed E-state index contributed by atoms with van der Waals surface area (Å²) in [6.07, 6.45) is 6.25. The van der Waals surface area contributed by atoms with E-state index in [1.54, 1.807) is 43.3 Å². The van der Waals surface area contributed by atoms with Crippen LogP contribution in [0, 0.1) is 23.3 Å². The average molecular weight is 499 g/mol. The summed E-state index contributed by atoms with van der Waals surface area (Å²) < 4.78 is 69.9. The Balaban J connectivity index is 1.53. The monoisotopic (exact) mass is 498 g/mol. The molecule has 2 nitrogen and oxygen atoms in total. The van der Waals surface area contributed by atoms with Crippen LogP contribution in [0.3, 0.4) is 0 Å². The highest BCUT2D eigenvalue weighted by atomic mass is 19.2. The summed E-state index contributed by atoms with van der Waals surface area (Å²) >= 11 is 0. The molecule has 1 atom stereocenters. The first-order valence-corrected chi connectivity index (χ1v) is 12.4. The van der Waals surface area contributed by atoms with E-state index in [9.17, 15) is 8.78 Å². The first kappa shape index (κ1) is 26.0. The van der Waals surface area contributed by atoms with Gasteiger partial charge in [0.2, 0.25) is 5.82 Å². The molecule has 1 aliphatic carbocycles. The molecule has 6 heteroatoms. The maximum absolute atomic E-state index is 15.1. The van der Waals surface area contributed by atoms with Gasteiger partial charge in [-0.15, -0.1) is 0 Å². The van der Waals surface area contributed by atoms with Crippen LogP contribution in [0.1, 0.15) is 51.5 Å². The van der Waals surface area contributed by atoms with Gasteiger partial charge >= 0.3 is 0 Å². The fourth-order valence-corrected chi connectivity index (χ4v) is 4.47. The number of rotatable bonds is 9. The van der Waals surface area contributed by atoms with Crippen molar-refractivity contribution in [2.24, 2.45) is 0 Å². The van der Waals surface area contributed by atoms with Crippen molar-refractivity contribution < 1.29 is 27.0 Å². The van der Waals surface area contributed by atoms with Crippen LogP contribution in [0.2, 0.25) is 0 Å². The molecule has 190 valence electrons. The SMILES string of the molecule is CCCCOC1CC=C(c2ccc(-c3ccc(-c4ccc(OCC)c(F)c4F)cc3)c(F)c2F)CC1. The summed E-state index contributed by atoms with van der Waals surface area (Å²) in [5, 5.41) is 0. The van der Waals surface area contributed by atoms with E-state index in [4.69, 9.17) is 9.47 Å². The normalized spacial score (nSPS) is 15.6. The predicted octanol–water partition coefficient (Wildman–Crippen LogP) is 8.73. The minimum Gasteiger partial charge on any atom is -0.491 e. The number of halogens is 4. The van der Waals surface area contributed by atoms with Crippen molar-refractivity contribution in [3.8, 4) is 28.0 Å². The quantitative estimate of drug-likeness (QED) is 0.217. The molecule has 0 aliphatic heterocycles. The van der Waals surface area contributed by atoms with Gasteiger partial charge in [-0.3, -0.25) is 0 Å². The van der Waals surface area contributed by atoms with Gasteiger partial charge in [0.15, 0.2) is 23.2 Å². The average Bonchev–Trinajstić information content (AvgIpc) is 2.90. The molecule has 0 heterocycles. The molecule has 36 heavy (non-hydrogen) atoms. The van der Waals surface area contributed by atoms with Gasteiger partial charge in [0.05, 0.1) is 12.7 Å². The molecule has 0 radical (unpaired) electrons. The van der Waals surface area contributed by atoms with Gasteiger partial charge in [-0.05, 0) is 61.4 Å². The van der Waals surface area contributed by atoms with Crippen LogP contribution in [0.25, 0.3) is 27.8 Å². The van der Waals surface area contributed by atoms with Gasteiger partial charge in [0.1, 0.15) is 0 Å². The maximum atomic E-state index is 15.1. The Morgan fingerprint density at radius 3 is 1.92 bits per heavy atom. The van der Waals surface area contributed by atoms with Crippen LogP contribution < -0.4 is 4.74 Å². The Hall–Kier alpha value is -3.12. The first-order valence-electron chi connectivity index (χ1n) is 12.4. The molecule has 1 unspecified atom stereocenters.